The van der Waals surface area contributed by atoms with Crippen molar-refractivity contribution in [3.63, 3.8) is 0 Å². The van der Waals surface area contributed by atoms with Gasteiger partial charge in [0.1, 0.15) is 17.1 Å². The van der Waals surface area contributed by atoms with E-state index in [-0.39, 0.29) is 46.6 Å². The van der Waals surface area contributed by atoms with Gasteiger partial charge in [-0.1, -0.05) is 12.1 Å². The van der Waals surface area contributed by atoms with E-state index in [0.29, 0.717) is 98.0 Å². The number of nitrogens with zero attached hydrogens (tertiary/aromatic N) is 6. The highest BCUT2D eigenvalue weighted by molar-refractivity contribution is 6.06. The number of aromatic nitrogens is 3. The van der Waals surface area contributed by atoms with E-state index in [1.165, 1.54) is 4.57 Å². The van der Waals surface area contributed by atoms with Crippen LogP contribution in [0.1, 0.15) is 41.0 Å². The van der Waals surface area contributed by atoms with Crippen LogP contribution >= 0.6 is 0 Å². The Hall–Kier alpha value is -7.25. The van der Waals surface area contributed by atoms with Gasteiger partial charge in [-0.25, -0.2) is 8.78 Å². The molecule has 2 amide bonds. The number of aryl methyl sites for hydroxylation is 4. The summed E-state index contributed by atoms with van der Waals surface area (Å²) < 4.78 is 82.8. The van der Waals surface area contributed by atoms with E-state index in [9.17, 15) is 41.1 Å². The molecule has 2 aromatic carbocycles. The molecule has 0 atom stereocenters. The summed E-state index contributed by atoms with van der Waals surface area (Å²) >= 11 is 0. The summed E-state index contributed by atoms with van der Waals surface area (Å²) in [5.41, 5.74) is 3.03. The summed E-state index contributed by atoms with van der Waals surface area (Å²) in [5, 5.41) is 5.45. The number of rotatable bonds is 14. The fraction of sp³-hybridized carbons (Fsp3) is 0.320. The van der Waals surface area contributed by atoms with Crippen LogP contribution in [-0.2, 0) is 40.2 Å². The number of aliphatic imine (C=N–C) groups is 1. The van der Waals surface area contributed by atoms with Gasteiger partial charge in [0.2, 0.25) is 0 Å². The summed E-state index contributed by atoms with van der Waals surface area (Å²) in [6.45, 7) is 10.4. The van der Waals surface area contributed by atoms with Crippen molar-refractivity contribution in [1.82, 2.24) is 14.1 Å². The Morgan fingerprint density at radius 2 is 1.41 bits per heavy atom. The first-order valence-corrected chi connectivity index (χ1v) is 22.0. The molecule has 5 aromatic rings. The number of halogens is 5. The number of benzene rings is 2. The lowest BCUT2D eigenvalue weighted by Crippen LogP contribution is -2.40. The second-order valence-corrected chi connectivity index (χ2v) is 16.8. The number of ether oxygens (including phenoxy) is 2. The molecule has 2 fully saturated rings. The summed E-state index contributed by atoms with van der Waals surface area (Å²) in [6, 6.07) is 15.9. The number of nitrogens with one attached hydrogen (secondary N) is 2. The molecule has 0 aliphatic carbocycles. The van der Waals surface area contributed by atoms with Gasteiger partial charge in [0.05, 0.1) is 32.0 Å². The Balaban J connectivity index is 1.27. The number of allylic oxidation sites excluding steroid dienone is 1. The first-order valence-electron chi connectivity index (χ1n) is 22.0. The highest BCUT2D eigenvalue weighted by atomic mass is 19.4. The third kappa shape index (κ3) is 11.9. The van der Waals surface area contributed by atoms with Crippen molar-refractivity contribution < 1.29 is 41.0 Å². The minimum absolute atomic E-state index is 0.149. The quantitative estimate of drug-likeness (QED) is 0.0490. The van der Waals surface area contributed by atoms with Crippen molar-refractivity contribution >= 4 is 41.3 Å². The Morgan fingerprint density at radius 1 is 0.812 bits per heavy atom. The maximum atomic E-state index is 14.5. The van der Waals surface area contributed by atoms with Crippen LogP contribution in [0, 0.1) is 6.92 Å². The van der Waals surface area contributed by atoms with Crippen LogP contribution in [0.4, 0.5) is 44.7 Å². The van der Waals surface area contributed by atoms with Crippen molar-refractivity contribution in [3.8, 4) is 22.3 Å². The molecule has 2 aliphatic rings. The molecule has 2 aliphatic heterocycles. The molecule has 5 heterocycles. The van der Waals surface area contributed by atoms with E-state index in [1.54, 1.807) is 72.5 Å². The molecule has 0 bridgehead atoms. The van der Waals surface area contributed by atoms with E-state index >= 15 is 0 Å². The zero-order chi connectivity index (χ0) is 49.6. The van der Waals surface area contributed by atoms with E-state index < -0.39 is 29.5 Å². The van der Waals surface area contributed by atoms with E-state index in [0.717, 1.165) is 49.5 Å². The molecule has 7 rings (SSSR count). The predicted octanol–water partition coefficient (Wildman–Crippen LogP) is 7.90. The number of pyridine rings is 3. The van der Waals surface area contributed by atoms with E-state index in [4.69, 9.17) is 9.47 Å². The van der Waals surface area contributed by atoms with Gasteiger partial charge in [-0.2, -0.15) is 13.2 Å². The van der Waals surface area contributed by atoms with Crippen molar-refractivity contribution in [2.24, 2.45) is 12.0 Å². The lowest BCUT2D eigenvalue weighted by Gasteiger charge is -2.29. The highest BCUT2D eigenvalue weighted by Gasteiger charge is 2.31. The van der Waals surface area contributed by atoms with Crippen LogP contribution < -0.4 is 31.6 Å². The number of carbonyl (C=O) groups excluding carboxylic acids is 2. The first-order chi connectivity index (χ1) is 32.8. The zero-order valence-corrected chi connectivity index (χ0v) is 38.5. The second kappa shape index (κ2) is 20.9. The Bertz CT molecular complexity index is 2950. The van der Waals surface area contributed by atoms with Crippen molar-refractivity contribution in [1.29, 1.82) is 0 Å². The van der Waals surface area contributed by atoms with E-state index in [1.807, 2.05) is 16.7 Å². The van der Waals surface area contributed by atoms with Crippen LogP contribution in [0.3, 0.4) is 0 Å². The second-order valence-electron chi connectivity index (χ2n) is 16.8. The van der Waals surface area contributed by atoms with Gasteiger partial charge < -0.3 is 39.0 Å². The summed E-state index contributed by atoms with van der Waals surface area (Å²) in [5.74, 6) is -4.76. The zero-order valence-electron chi connectivity index (χ0n) is 38.5. The number of morpholine rings is 2. The van der Waals surface area contributed by atoms with Crippen molar-refractivity contribution in [2.45, 2.75) is 45.8 Å². The number of amides is 2. The fourth-order valence-corrected chi connectivity index (χ4v) is 8.03. The third-order valence-electron chi connectivity index (χ3n) is 11.9. The molecule has 3 aromatic heterocycles. The minimum Gasteiger partial charge on any atom is -0.378 e. The normalized spacial score (nSPS) is 15.0. The summed E-state index contributed by atoms with van der Waals surface area (Å²) in [4.78, 5) is 66.2. The Kier molecular flexibility index (Phi) is 15.1. The van der Waals surface area contributed by atoms with Crippen molar-refractivity contribution in [2.75, 3.05) is 73.0 Å². The number of hydrogen-bond acceptors (Lipinski definition) is 10. The summed E-state index contributed by atoms with van der Waals surface area (Å²) in [7, 11) is 1.64. The monoisotopic (exact) mass is 954 g/mol. The molecule has 2 saturated heterocycles. The molecular formula is C50H51F5N8O6. The number of hydrogen-bond donors (Lipinski definition) is 2. The van der Waals surface area contributed by atoms with Gasteiger partial charge in [0, 0.05) is 105 Å². The third-order valence-corrected chi connectivity index (χ3v) is 11.9. The minimum atomic E-state index is -4.67. The molecule has 2 N–H and O–H groups in total. The SMILES string of the molecule is C=N/C=C(\C=C(/C)C(F)(F)F)C(=O)Nc1ccc(C)c(-c2cc(N3CCOCC3)c(=O)n(CCc3ccc(NC(=O)c4cc(C(C)(F)F)ccn4)cc3-c3cc(N4CCOCC4)c(=O)n(C)c3)c2)c1. The maximum Gasteiger partial charge on any atom is 0.412 e. The van der Waals surface area contributed by atoms with Crippen molar-refractivity contribution in [3.05, 3.63) is 146 Å². The molecule has 362 valence electrons. The van der Waals surface area contributed by atoms with Crippen LogP contribution in [0.15, 0.2) is 117 Å². The lowest BCUT2D eigenvalue weighted by molar-refractivity contribution is -0.112. The molecule has 0 radical (unpaired) electrons. The molecular weight excluding hydrogens is 904 g/mol. The number of anilines is 4. The first kappa shape index (κ1) is 49.6. The number of alkyl halides is 5. The molecule has 0 spiro atoms. The molecule has 0 unspecified atom stereocenters. The van der Waals surface area contributed by atoms with Crippen LogP contribution in [0.5, 0.6) is 0 Å². The Labute approximate surface area is 394 Å². The lowest BCUT2D eigenvalue weighted by atomic mass is 9.97. The topological polar surface area (TPSA) is 152 Å². The average molecular weight is 955 g/mol. The average Bonchev–Trinajstić information content (AvgIpc) is 3.32. The predicted molar refractivity (Wildman–Crippen MR) is 256 cm³/mol. The van der Waals surface area contributed by atoms with Gasteiger partial charge in [-0.3, -0.25) is 29.2 Å². The van der Waals surface area contributed by atoms with Gasteiger partial charge >= 0.3 is 6.18 Å². The van der Waals surface area contributed by atoms with Gasteiger partial charge in [0.15, 0.2) is 0 Å². The summed E-state index contributed by atoms with van der Waals surface area (Å²) in [6.07, 6.45) is 1.77. The van der Waals surface area contributed by atoms with Crippen LogP contribution in [0.25, 0.3) is 22.3 Å². The maximum absolute atomic E-state index is 14.5. The van der Waals surface area contributed by atoms with Gasteiger partial charge in [-0.15, -0.1) is 0 Å². The molecule has 14 nitrogen and oxygen atoms in total. The molecule has 69 heavy (non-hydrogen) atoms. The smallest absolute Gasteiger partial charge is 0.378 e. The number of carbonyl (C=O) groups is 2. The largest absolute Gasteiger partial charge is 0.412 e. The van der Waals surface area contributed by atoms with Crippen LogP contribution in [-0.4, -0.2) is 91.4 Å². The van der Waals surface area contributed by atoms with Gasteiger partial charge in [-0.05, 0) is 104 Å². The standard InChI is InChI=1S/C50H51F5N8O6/c1-31-6-8-38(58-45(64)34(28-56-4)22-32(2)50(53,54)55)26-40(31)36-24-44(62-16-20-69-21-17-62)48(67)63(30-36)13-11-33-7-9-39(59-46(65)42-25-37(10-12-57-42)49(3,51)52)27-41(33)35-23-43(47(66)60(5)29-35)61-14-18-68-19-15-61/h6-10,12,22-30H,4,11,13-21H2,1-3,5H3,(H,58,64)(H,59,65)/b32-22+,34-28+. The van der Waals surface area contributed by atoms with Crippen LogP contribution in [0.2, 0.25) is 0 Å². The van der Waals surface area contributed by atoms with E-state index in [2.05, 4.69) is 27.3 Å². The molecule has 19 heteroatoms. The highest BCUT2D eigenvalue weighted by Crippen LogP contribution is 2.33. The molecule has 0 saturated carbocycles. The fourth-order valence-electron chi connectivity index (χ4n) is 8.03. The van der Waals surface area contributed by atoms with Gasteiger partial charge in [0.25, 0.3) is 28.9 Å². The Morgan fingerprint density at radius 3 is 2.03 bits per heavy atom.